The lowest BCUT2D eigenvalue weighted by Gasteiger charge is -2.17. The first-order valence-corrected chi connectivity index (χ1v) is 13.9. The Labute approximate surface area is 248 Å². The van der Waals surface area contributed by atoms with Gasteiger partial charge in [-0.25, -0.2) is 18.9 Å². The summed E-state index contributed by atoms with van der Waals surface area (Å²) in [5, 5.41) is 13.6. The average molecular weight is 584 g/mol. The quantitative estimate of drug-likeness (QED) is 0.222. The van der Waals surface area contributed by atoms with Gasteiger partial charge in [0, 0.05) is 47.9 Å². The van der Waals surface area contributed by atoms with Gasteiger partial charge in [-0.3, -0.25) is 19.7 Å². The molecule has 12 heteroatoms. The number of carbonyl (C=O) groups excluding carboxylic acids is 1. The fourth-order valence-corrected chi connectivity index (χ4v) is 4.75. The zero-order valence-electron chi connectivity index (χ0n) is 25.2. The van der Waals surface area contributed by atoms with Crippen molar-refractivity contribution in [3.05, 3.63) is 82.4 Å². The Morgan fingerprint density at radius 3 is 2.47 bits per heavy atom. The zero-order valence-corrected chi connectivity index (χ0v) is 25.2. The van der Waals surface area contributed by atoms with Gasteiger partial charge in [0.2, 0.25) is 5.95 Å². The minimum Gasteiger partial charge on any atom is -0.357 e. The van der Waals surface area contributed by atoms with E-state index in [-0.39, 0.29) is 22.7 Å². The molecule has 0 aliphatic rings. The van der Waals surface area contributed by atoms with Crippen LogP contribution in [0.3, 0.4) is 0 Å². The van der Waals surface area contributed by atoms with Gasteiger partial charge in [-0.1, -0.05) is 20.8 Å². The van der Waals surface area contributed by atoms with Gasteiger partial charge in [0.05, 0.1) is 23.3 Å². The van der Waals surface area contributed by atoms with Gasteiger partial charge < -0.3 is 10.6 Å². The smallest absolute Gasteiger partial charge is 0.324 e. The summed E-state index contributed by atoms with van der Waals surface area (Å²) >= 11 is 0. The third-order valence-corrected chi connectivity index (χ3v) is 6.98. The second-order valence-electron chi connectivity index (χ2n) is 11.6. The molecule has 4 aromatic heterocycles. The van der Waals surface area contributed by atoms with Crippen molar-refractivity contribution in [2.45, 2.75) is 53.0 Å². The maximum absolute atomic E-state index is 15.2. The number of carbonyl (C=O) groups is 1. The predicted octanol–water partition coefficient (Wildman–Crippen LogP) is 6.05. The number of aryl methyl sites for hydroxylation is 1. The van der Waals surface area contributed by atoms with Crippen LogP contribution >= 0.6 is 0 Å². The number of hydrogen-bond donors (Lipinski definition) is 3. The van der Waals surface area contributed by atoms with Crippen molar-refractivity contribution in [3.63, 3.8) is 0 Å². The van der Waals surface area contributed by atoms with Gasteiger partial charge >= 0.3 is 6.03 Å². The SMILES string of the molecule is CNc1ncc2cc(-c3cc(NC(=O)Nc4cc(C(C)(C)C)nn4-c4cccnc4)c(F)cc3C)c(=O)n(C(C)C)c2n1. The van der Waals surface area contributed by atoms with Crippen LogP contribution in [0.1, 0.15) is 51.9 Å². The van der Waals surface area contributed by atoms with E-state index >= 15 is 4.39 Å². The molecule has 43 heavy (non-hydrogen) atoms. The van der Waals surface area contributed by atoms with Gasteiger partial charge in [0.25, 0.3) is 5.56 Å². The van der Waals surface area contributed by atoms with Crippen molar-refractivity contribution in [2.75, 3.05) is 23.0 Å². The van der Waals surface area contributed by atoms with Crippen LogP contribution in [0.25, 0.3) is 27.8 Å². The van der Waals surface area contributed by atoms with Crippen LogP contribution in [-0.2, 0) is 5.41 Å². The Hall–Kier alpha value is -5.13. The summed E-state index contributed by atoms with van der Waals surface area (Å²) in [5.74, 6) is 0.141. The molecular weight excluding hydrogens is 549 g/mol. The predicted molar refractivity (Wildman–Crippen MR) is 167 cm³/mol. The molecule has 0 fully saturated rings. The number of fused-ring (bicyclic) bond motifs is 1. The second-order valence-corrected chi connectivity index (χ2v) is 11.6. The number of aromatic nitrogens is 6. The number of anilines is 3. The van der Waals surface area contributed by atoms with E-state index in [1.807, 2.05) is 40.7 Å². The molecule has 3 N–H and O–H groups in total. The van der Waals surface area contributed by atoms with Crippen LogP contribution in [0.2, 0.25) is 0 Å². The second kappa shape index (κ2) is 11.3. The Morgan fingerprint density at radius 2 is 1.81 bits per heavy atom. The van der Waals surface area contributed by atoms with Gasteiger partial charge in [-0.15, -0.1) is 0 Å². The molecule has 0 aliphatic carbocycles. The number of nitrogens with one attached hydrogen (secondary N) is 3. The molecule has 222 valence electrons. The Balaban J connectivity index is 1.53. The number of halogens is 1. The van der Waals surface area contributed by atoms with Crippen molar-refractivity contribution in [3.8, 4) is 16.8 Å². The Bertz CT molecular complexity index is 1890. The molecule has 0 saturated carbocycles. The summed E-state index contributed by atoms with van der Waals surface area (Å²) in [6, 6.07) is 8.94. The van der Waals surface area contributed by atoms with Crippen molar-refractivity contribution >= 4 is 34.5 Å². The first-order chi connectivity index (χ1) is 20.4. The summed E-state index contributed by atoms with van der Waals surface area (Å²) < 4.78 is 18.4. The lowest BCUT2D eigenvalue weighted by molar-refractivity contribution is 0.262. The van der Waals surface area contributed by atoms with E-state index in [0.717, 1.165) is 5.69 Å². The van der Waals surface area contributed by atoms with E-state index in [2.05, 4.69) is 36.0 Å². The first-order valence-electron chi connectivity index (χ1n) is 13.9. The van der Waals surface area contributed by atoms with Crippen molar-refractivity contribution in [1.82, 2.24) is 29.3 Å². The van der Waals surface area contributed by atoms with Crippen LogP contribution in [0.15, 0.2) is 59.8 Å². The Kier molecular flexibility index (Phi) is 7.70. The van der Waals surface area contributed by atoms with E-state index in [1.54, 1.807) is 60.0 Å². The maximum atomic E-state index is 15.2. The van der Waals surface area contributed by atoms with Crippen molar-refractivity contribution in [1.29, 1.82) is 0 Å². The number of pyridine rings is 2. The molecular formula is C31H34FN9O2. The molecule has 1 aromatic carbocycles. The lowest BCUT2D eigenvalue weighted by atomic mass is 9.92. The molecule has 0 atom stereocenters. The highest BCUT2D eigenvalue weighted by molar-refractivity contribution is 6.00. The van der Waals surface area contributed by atoms with Gasteiger partial charge in [-0.2, -0.15) is 10.1 Å². The number of amides is 2. The number of nitrogens with zero attached hydrogens (tertiary/aromatic N) is 6. The van der Waals surface area contributed by atoms with Crippen LogP contribution in [-0.4, -0.2) is 42.4 Å². The summed E-state index contributed by atoms with van der Waals surface area (Å²) in [7, 11) is 1.70. The first kappa shape index (κ1) is 29.4. The average Bonchev–Trinajstić information content (AvgIpc) is 3.38. The zero-order chi connectivity index (χ0) is 31.1. The summed E-state index contributed by atoms with van der Waals surface area (Å²) in [4.78, 5) is 39.9. The third kappa shape index (κ3) is 5.81. The third-order valence-electron chi connectivity index (χ3n) is 6.98. The normalized spacial score (nSPS) is 11.7. The fourth-order valence-electron chi connectivity index (χ4n) is 4.75. The van der Waals surface area contributed by atoms with Crippen molar-refractivity contribution < 1.29 is 9.18 Å². The molecule has 11 nitrogen and oxygen atoms in total. The van der Waals surface area contributed by atoms with Crippen molar-refractivity contribution in [2.24, 2.45) is 0 Å². The summed E-state index contributed by atoms with van der Waals surface area (Å²) in [5.41, 5.74) is 2.58. The van der Waals surface area contributed by atoms with E-state index in [1.165, 1.54) is 12.1 Å². The summed E-state index contributed by atoms with van der Waals surface area (Å²) in [6.45, 7) is 11.5. The molecule has 0 unspecified atom stereocenters. The van der Waals surface area contributed by atoms with E-state index in [0.29, 0.717) is 45.2 Å². The highest BCUT2D eigenvalue weighted by Gasteiger charge is 2.23. The number of rotatable bonds is 6. The molecule has 5 aromatic rings. The minimum atomic E-state index is -0.676. The lowest BCUT2D eigenvalue weighted by Crippen LogP contribution is -2.25. The van der Waals surface area contributed by atoms with Crippen LogP contribution < -0.4 is 21.5 Å². The molecule has 0 spiro atoms. The van der Waals surface area contributed by atoms with Gasteiger partial charge in [0.1, 0.15) is 17.3 Å². The van der Waals surface area contributed by atoms with E-state index in [4.69, 9.17) is 0 Å². The number of hydrogen-bond acceptors (Lipinski definition) is 7. The molecule has 4 heterocycles. The van der Waals surface area contributed by atoms with E-state index in [9.17, 15) is 9.59 Å². The standard InChI is InChI=1S/C31H34FN9O2/c1-17(2)40-27-19(15-35-29(33-7)38-27)12-22(28(40)42)21-13-24(23(32)11-18(21)3)36-30(43)37-26-14-25(31(4,5)6)39-41(26)20-9-8-10-34-16-20/h8-17H,1-7H3,(H,33,35,38)(H2,36,37,43). The molecule has 5 rings (SSSR count). The minimum absolute atomic E-state index is 0.0843. The highest BCUT2D eigenvalue weighted by atomic mass is 19.1. The number of benzene rings is 1. The van der Waals surface area contributed by atoms with Crippen LogP contribution in [0.5, 0.6) is 0 Å². The van der Waals surface area contributed by atoms with Gasteiger partial charge in [-0.05, 0) is 62.2 Å². The molecule has 0 bridgehead atoms. The molecule has 0 saturated heterocycles. The van der Waals surface area contributed by atoms with Gasteiger partial charge in [0.15, 0.2) is 0 Å². The largest absolute Gasteiger partial charge is 0.357 e. The maximum Gasteiger partial charge on any atom is 0.324 e. The fraction of sp³-hybridized carbons (Fsp3) is 0.290. The monoisotopic (exact) mass is 583 g/mol. The van der Waals surface area contributed by atoms with Crippen LogP contribution in [0.4, 0.5) is 26.6 Å². The van der Waals surface area contributed by atoms with E-state index < -0.39 is 11.8 Å². The molecule has 0 radical (unpaired) electrons. The molecule has 2 amide bonds. The molecule has 0 aliphatic heterocycles. The highest BCUT2D eigenvalue weighted by Crippen LogP contribution is 2.30. The number of urea groups is 1. The topological polar surface area (TPSA) is 132 Å². The Morgan fingerprint density at radius 1 is 1.05 bits per heavy atom. The van der Waals surface area contributed by atoms with Crippen LogP contribution in [0, 0.1) is 12.7 Å². The summed E-state index contributed by atoms with van der Waals surface area (Å²) in [6.07, 6.45) is 4.92.